The molecule has 1 aliphatic heterocycles. The first-order chi connectivity index (χ1) is 8.25. The molecule has 3 rings (SSSR count). The van der Waals surface area contributed by atoms with Crippen LogP contribution in [0, 0.1) is 0 Å². The average molecular weight is 230 g/mol. The van der Waals surface area contributed by atoms with Gasteiger partial charge in [0, 0.05) is 19.5 Å². The SMILES string of the molecule is OC1(Cc2cn(-c3ccccc3)nn2)CNC1. The van der Waals surface area contributed by atoms with E-state index in [0.29, 0.717) is 19.5 Å². The minimum absolute atomic E-state index is 0.548. The minimum atomic E-state index is -0.641. The molecule has 0 saturated carbocycles. The molecule has 0 unspecified atom stereocenters. The number of hydrogen-bond acceptors (Lipinski definition) is 4. The van der Waals surface area contributed by atoms with E-state index in [2.05, 4.69) is 15.6 Å². The van der Waals surface area contributed by atoms with Crippen molar-refractivity contribution in [1.29, 1.82) is 0 Å². The second kappa shape index (κ2) is 3.94. The van der Waals surface area contributed by atoms with Crippen LogP contribution in [0.2, 0.25) is 0 Å². The highest BCUT2D eigenvalue weighted by molar-refractivity contribution is 5.30. The van der Waals surface area contributed by atoms with E-state index in [1.807, 2.05) is 36.5 Å². The molecule has 2 N–H and O–H groups in total. The summed E-state index contributed by atoms with van der Waals surface area (Å²) in [6.45, 7) is 1.26. The summed E-state index contributed by atoms with van der Waals surface area (Å²) in [4.78, 5) is 0. The van der Waals surface area contributed by atoms with Crippen LogP contribution in [0.15, 0.2) is 36.5 Å². The Morgan fingerprint density at radius 1 is 1.29 bits per heavy atom. The number of benzene rings is 1. The van der Waals surface area contributed by atoms with Crippen LogP contribution in [0.4, 0.5) is 0 Å². The van der Waals surface area contributed by atoms with Gasteiger partial charge in [0.05, 0.1) is 23.2 Å². The molecule has 0 aliphatic carbocycles. The van der Waals surface area contributed by atoms with Gasteiger partial charge in [0.25, 0.3) is 0 Å². The second-order valence-electron chi connectivity index (χ2n) is 4.49. The van der Waals surface area contributed by atoms with Gasteiger partial charge in [-0.25, -0.2) is 4.68 Å². The lowest BCUT2D eigenvalue weighted by atomic mass is 9.92. The van der Waals surface area contributed by atoms with Gasteiger partial charge in [0.1, 0.15) is 0 Å². The maximum absolute atomic E-state index is 10.0. The van der Waals surface area contributed by atoms with Crippen molar-refractivity contribution < 1.29 is 5.11 Å². The summed E-state index contributed by atoms with van der Waals surface area (Å²) in [5, 5.41) is 21.2. The molecule has 0 spiro atoms. The molecule has 17 heavy (non-hydrogen) atoms. The van der Waals surface area contributed by atoms with Crippen LogP contribution >= 0.6 is 0 Å². The smallest absolute Gasteiger partial charge is 0.0951 e. The van der Waals surface area contributed by atoms with Gasteiger partial charge in [-0.3, -0.25) is 0 Å². The monoisotopic (exact) mass is 230 g/mol. The Balaban J connectivity index is 1.79. The molecule has 88 valence electrons. The lowest BCUT2D eigenvalue weighted by molar-refractivity contribution is -0.00983. The van der Waals surface area contributed by atoms with E-state index in [1.165, 1.54) is 0 Å². The molecule has 2 aromatic rings. The number of aromatic nitrogens is 3. The third kappa shape index (κ3) is 2.07. The zero-order valence-corrected chi connectivity index (χ0v) is 9.37. The summed E-state index contributed by atoms with van der Waals surface area (Å²) in [7, 11) is 0. The Kier molecular flexibility index (Phi) is 2.42. The molecule has 2 heterocycles. The van der Waals surface area contributed by atoms with Gasteiger partial charge < -0.3 is 10.4 Å². The van der Waals surface area contributed by atoms with Crippen molar-refractivity contribution in [2.45, 2.75) is 12.0 Å². The van der Waals surface area contributed by atoms with E-state index in [4.69, 9.17) is 0 Å². The van der Waals surface area contributed by atoms with Crippen molar-refractivity contribution in [1.82, 2.24) is 20.3 Å². The van der Waals surface area contributed by atoms with Crippen LogP contribution in [-0.2, 0) is 6.42 Å². The minimum Gasteiger partial charge on any atom is -0.387 e. The molecular formula is C12H14N4O. The number of rotatable bonds is 3. The Hall–Kier alpha value is -1.72. The van der Waals surface area contributed by atoms with Gasteiger partial charge in [0.2, 0.25) is 0 Å². The lowest BCUT2D eigenvalue weighted by Gasteiger charge is -2.36. The van der Waals surface area contributed by atoms with Gasteiger partial charge in [-0.2, -0.15) is 0 Å². The third-order valence-corrected chi connectivity index (χ3v) is 2.98. The molecule has 5 nitrogen and oxygen atoms in total. The van der Waals surface area contributed by atoms with Crippen LogP contribution in [-0.4, -0.2) is 38.8 Å². The molecule has 0 atom stereocenters. The molecule has 0 radical (unpaired) electrons. The molecular weight excluding hydrogens is 216 g/mol. The van der Waals surface area contributed by atoms with Crippen LogP contribution < -0.4 is 5.32 Å². The van der Waals surface area contributed by atoms with Crippen molar-refractivity contribution >= 4 is 0 Å². The maximum Gasteiger partial charge on any atom is 0.0951 e. The summed E-state index contributed by atoms with van der Waals surface area (Å²) < 4.78 is 1.73. The number of nitrogens with one attached hydrogen (secondary N) is 1. The number of aliphatic hydroxyl groups is 1. The quantitative estimate of drug-likeness (QED) is 0.787. The van der Waals surface area contributed by atoms with Gasteiger partial charge in [-0.15, -0.1) is 5.10 Å². The highest BCUT2D eigenvalue weighted by Crippen LogP contribution is 2.16. The van der Waals surface area contributed by atoms with Gasteiger partial charge in [0.15, 0.2) is 0 Å². The highest BCUT2D eigenvalue weighted by atomic mass is 16.3. The zero-order valence-electron chi connectivity index (χ0n) is 9.37. The van der Waals surface area contributed by atoms with Crippen molar-refractivity contribution in [3.05, 3.63) is 42.2 Å². The molecule has 1 aromatic carbocycles. The van der Waals surface area contributed by atoms with Crippen LogP contribution in [0.25, 0.3) is 5.69 Å². The average Bonchev–Trinajstić information content (AvgIpc) is 2.77. The predicted octanol–water partition coefficient (Wildman–Crippen LogP) is 0.144. The fourth-order valence-corrected chi connectivity index (χ4v) is 1.96. The highest BCUT2D eigenvalue weighted by Gasteiger charge is 2.35. The van der Waals surface area contributed by atoms with E-state index in [0.717, 1.165) is 11.4 Å². The fourth-order valence-electron chi connectivity index (χ4n) is 1.96. The summed E-state index contributed by atoms with van der Waals surface area (Å²) in [5.74, 6) is 0. The van der Waals surface area contributed by atoms with Crippen molar-refractivity contribution in [2.75, 3.05) is 13.1 Å². The third-order valence-electron chi connectivity index (χ3n) is 2.98. The maximum atomic E-state index is 10.0. The Morgan fingerprint density at radius 2 is 2.06 bits per heavy atom. The number of para-hydroxylation sites is 1. The van der Waals surface area contributed by atoms with E-state index < -0.39 is 5.60 Å². The normalized spacial score (nSPS) is 17.7. The number of hydrogen-bond donors (Lipinski definition) is 2. The zero-order chi connectivity index (χ0) is 11.7. The lowest BCUT2D eigenvalue weighted by Crippen LogP contribution is -2.60. The van der Waals surface area contributed by atoms with E-state index in [1.54, 1.807) is 4.68 Å². The van der Waals surface area contributed by atoms with Crippen molar-refractivity contribution in [3.8, 4) is 5.69 Å². The standard InChI is InChI=1S/C12H14N4O/c17-12(8-13-9-12)6-10-7-16(15-14-10)11-4-2-1-3-5-11/h1-5,7,13,17H,6,8-9H2. The number of nitrogens with zero attached hydrogens (tertiary/aromatic N) is 3. The second-order valence-corrected chi connectivity index (χ2v) is 4.49. The van der Waals surface area contributed by atoms with Crippen LogP contribution in [0.3, 0.4) is 0 Å². The molecule has 1 aromatic heterocycles. The van der Waals surface area contributed by atoms with E-state index >= 15 is 0 Å². The first-order valence-electron chi connectivity index (χ1n) is 5.65. The summed E-state index contributed by atoms with van der Waals surface area (Å²) >= 11 is 0. The first kappa shape index (κ1) is 10.4. The molecule has 0 amide bonds. The van der Waals surface area contributed by atoms with Gasteiger partial charge >= 0.3 is 0 Å². The Bertz CT molecular complexity index is 504. The Labute approximate surface area is 99.1 Å². The van der Waals surface area contributed by atoms with Gasteiger partial charge in [-0.1, -0.05) is 23.4 Å². The number of β-amino-alcohol motifs (C(OH)–C–C–N with tert-alkyl or cyclic N) is 1. The largest absolute Gasteiger partial charge is 0.387 e. The van der Waals surface area contributed by atoms with Crippen LogP contribution in [0.1, 0.15) is 5.69 Å². The van der Waals surface area contributed by atoms with Crippen molar-refractivity contribution in [2.24, 2.45) is 0 Å². The van der Waals surface area contributed by atoms with E-state index in [-0.39, 0.29) is 0 Å². The first-order valence-corrected chi connectivity index (χ1v) is 5.65. The summed E-state index contributed by atoms with van der Waals surface area (Å²) in [5.41, 5.74) is 1.15. The molecule has 0 bridgehead atoms. The van der Waals surface area contributed by atoms with Gasteiger partial charge in [-0.05, 0) is 12.1 Å². The summed E-state index contributed by atoms with van der Waals surface area (Å²) in [6, 6.07) is 9.82. The molecule has 5 heteroatoms. The molecule has 1 fully saturated rings. The van der Waals surface area contributed by atoms with Crippen molar-refractivity contribution in [3.63, 3.8) is 0 Å². The Morgan fingerprint density at radius 3 is 2.71 bits per heavy atom. The van der Waals surface area contributed by atoms with Crippen LogP contribution in [0.5, 0.6) is 0 Å². The van der Waals surface area contributed by atoms with E-state index in [9.17, 15) is 5.11 Å². The summed E-state index contributed by atoms with van der Waals surface area (Å²) in [6.07, 6.45) is 2.42. The topological polar surface area (TPSA) is 63.0 Å². The predicted molar refractivity (Wildman–Crippen MR) is 62.9 cm³/mol. The molecule has 1 aliphatic rings. The fraction of sp³-hybridized carbons (Fsp3) is 0.333. The molecule has 1 saturated heterocycles.